The molecule has 6 atom stereocenters. The second-order valence-electron chi connectivity index (χ2n) is 32.2. The Morgan fingerprint density at radius 1 is 0.656 bits per heavy atom. The SMILES string of the molecule is CC(C)[C@H](NC(=O)CCCCCN1C(=O)C=CC1=O)C(=O)C[C@@H](CCCNC(N)=O)C(=O)Nc1ccc(COC(=O)Oc2ccc([N+](=O)[O-])cc2)cc1.CC[C@@]1(O)C(=O)OCc2c1cc1n(c2=O)Cc2c-1nc1cc(F)c(C)c3c1c2[C@@H](NC(=O)OCc1ccc(NC(=O)[C@H](CCCNC(N)=O)NC(=O)[C@@H](NC(=O)CCCCCN2C(=O)C=CC2=O)C(C)C)cc1)CC3. The number of fused-ring (bicyclic) bond motifs is 5. The van der Waals surface area contributed by atoms with E-state index in [1.165, 1.54) is 59.2 Å². The van der Waals surface area contributed by atoms with Crippen LogP contribution in [-0.4, -0.2) is 163 Å². The number of cyclic esters (lactones) is 1. The third-order valence-electron chi connectivity index (χ3n) is 22.5. The van der Waals surface area contributed by atoms with E-state index in [-0.39, 0.29) is 173 Å². The van der Waals surface area contributed by atoms with Crippen molar-refractivity contribution >= 4 is 117 Å². The summed E-state index contributed by atoms with van der Waals surface area (Å²) in [5.41, 5.74) is 13.4. The Bertz CT molecular complexity index is 5370. The number of aliphatic hydroxyl groups is 1. The first-order valence-corrected chi connectivity index (χ1v) is 42.2. The molecule has 5 aliphatic rings. The van der Waals surface area contributed by atoms with E-state index in [4.69, 9.17) is 35.4 Å². The molecule has 680 valence electrons. The molecule has 4 aromatic carbocycles. The zero-order chi connectivity index (χ0) is 92.8. The number of nitrogens with zero attached hydrogens (tertiary/aromatic N) is 5. The van der Waals surface area contributed by atoms with E-state index >= 15 is 4.39 Å². The number of imide groups is 2. The van der Waals surface area contributed by atoms with Gasteiger partial charge in [-0.05, 0) is 160 Å². The second kappa shape index (κ2) is 44.1. The number of carbonyl (C=O) groups is 15. The molecule has 6 heterocycles. The number of non-ortho nitro benzene ring substituents is 1. The molecular formula is C89H104FN15O23. The molecule has 0 unspecified atom stereocenters. The number of urea groups is 2. The molecule has 1 aliphatic carbocycles. The smallest absolute Gasteiger partial charge is 0.458 e. The van der Waals surface area contributed by atoms with Gasteiger partial charge >= 0.3 is 30.3 Å². The number of nitro benzene ring substituents is 1. The molecule has 128 heavy (non-hydrogen) atoms. The molecular weight excluding hydrogens is 1670 g/mol. The predicted molar refractivity (Wildman–Crippen MR) is 459 cm³/mol. The number of benzene rings is 4. The normalized spacial score (nSPS) is 16.0. The molecule has 0 saturated heterocycles. The molecule has 38 nitrogen and oxygen atoms in total. The number of hydrogen-bond donors (Lipinski definition) is 11. The van der Waals surface area contributed by atoms with Gasteiger partial charge in [-0.1, -0.05) is 71.7 Å². The van der Waals surface area contributed by atoms with Crippen LogP contribution in [0.4, 0.5) is 40.6 Å². The highest BCUT2D eigenvalue weighted by Gasteiger charge is 2.47. The number of esters is 1. The van der Waals surface area contributed by atoms with Crippen molar-refractivity contribution in [2.75, 3.05) is 36.8 Å². The van der Waals surface area contributed by atoms with Gasteiger partial charge < -0.3 is 82.6 Å². The minimum Gasteiger partial charge on any atom is -0.458 e. The number of aryl methyl sites for hydroxylation is 1. The van der Waals surface area contributed by atoms with Crippen molar-refractivity contribution in [3.63, 3.8) is 0 Å². The fourth-order valence-corrected chi connectivity index (χ4v) is 15.5. The van der Waals surface area contributed by atoms with Gasteiger partial charge in [0.25, 0.3) is 34.9 Å². The van der Waals surface area contributed by atoms with Gasteiger partial charge in [0, 0.05) is 122 Å². The summed E-state index contributed by atoms with van der Waals surface area (Å²) in [6.45, 7) is 10.6. The second-order valence-corrected chi connectivity index (χ2v) is 32.2. The van der Waals surface area contributed by atoms with E-state index in [0.717, 1.165) is 15.4 Å². The largest absolute Gasteiger partial charge is 0.514 e. The average molecular weight is 1770 g/mol. The molecule has 6 aromatic rings. The first kappa shape index (κ1) is 96.1. The number of amides is 14. The highest BCUT2D eigenvalue weighted by molar-refractivity contribution is 6.13. The maximum atomic E-state index is 15.4. The van der Waals surface area contributed by atoms with Crippen LogP contribution >= 0.6 is 0 Å². The van der Waals surface area contributed by atoms with E-state index < -0.39 is 100.0 Å². The third kappa shape index (κ3) is 24.9. The Hall–Kier alpha value is -14.1. The van der Waals surface area contributed by atoms with Crippen LogP contribution in [0.25, 0.3) is 22.3 Å². The Morgan fingerprint density at radius 3 is 1.73 bits per heavy atom. The van der Waals surface area contributed by atoms with E-state index in [0.29, 0.717) is 119 Å². The van der Waals surface area contributed by atoms with Crippen molar-refractivity contribution in [3.05, 3.63) is 180 Å². The van der Waals surface area contributed by atoms with Gasteiger partial charge in [-0.15, -0.1) is 0 Å². The van der Waals surface area contributed by atoms with Gasteiger partial charge in [0.2, 0.25) is 29.5 Å². The van der Waals surface area contributed by atoms with Gasteiger partial charge in [-0.2, -0.15) is 0 Å². The van der Waals surface area contributed by atoms with Crippen LogP contribution in [0.15, 0.2) is 114 Å². The molecule has 0 bridgehead atoms. The summed E-state index contributed by atoms with van der Waals surface area (Å²) >= 11 is 0. The Morgan fingerprint density at radius 2 is 1.20 bits per heavy atom. The highest BCUT2D eigenvalue weighted by atomic mass is 19.1. The molecule has 13 N–H and O–H groups in total. The van der Waals surface area contributed by atoms with Crippen LogP contribution in [0.2, 0.25) is 0 Å². The van der Waals surface area contributed by atoms with Gasteiger partial charge in [0.15, 0.2) is 11.4 Å². The summed E-state index contributed by atoms with van der Waals surface area (Å²) in [4.78, 5) is 219. The number of nitro groups is 1. The van der Waals surface area contributed by atoms with Crippen molar-refractivity contribution in [1.82, 2.24) is 51.3 Å². The van der Waals surface area contributed by atoms with E-state index in [1.54, 1.807) is 96.1 Å². The van der Waals surface area contributed by atoms with E-state index in [1.807, 2.05) is 0 Å². The van der Waals surface area contributed by atoms with Crippen LogP contribution in [0, 0.1) is 40.6 Å². The zero-order valence-corrected chi connectivity index (χ0v) is 71.6. The average Bonchev–Trinajstić information content (AvgIpc) is 1.54. The minimum atomic E-state index is -2.05. The van der Waals surface area contributed by atoms with Crippen molar-refractivity contribution < 1.29 is 105 Å². The van der Waals surface area contributed by atoms with Crippen molar-refractivity contribution in [1.29, 1.82) is 0 Å². The Kier molecular flexibility index (Phi) is 33.1. The molecule has 11 rings (SSSR count). The van der Waals surface area contributed by atoms with Crippen LogP contribution in [-0.2, 0) is 105 Å². The molecule has 0 spiro atoms. The lowest BCUT2D eigenvalue weighted by molar-refractivity contribution is -0.384. The van der Waals surface area contributed by atoms with Gasteiger partial charge in [0.1, 0.15) is 43.5 Å². The predicted octanol–water partition coefficient (Wildman–Crippen LogP) is 7.84. The highest BCUT2D eigenvalue weighted by Crippen LogP contribution is 2.46. The number of aromatic nitrogens is 2. The lowest BCUT2D eigenvalue weighted by atomic mass is 9.81. The fourth-order valence-electron chi connectivity index (χ4n) is 15.5. The van der Waals surface area contributed by atoms with E-state index in [2.05, 4.69) is 42.5 Å². The summed E-state index contributed by atoms with van der Waals surface area (Å²) < 4.78 is 37.9. The fraction of sp³-hybridized carbons (Fsp3) is 0.427. The summed E-state index contributed by atoms with van der Waals surface area (Å²) in [7, 11) is 0. The number of nitrogens with one attached hydrogen (secondary N) is 8. The van der Waals surface area contributed by atoms with Crippen LogP contribution in [0.3, 0.4) is 0 Å². The van der Waals surface area contributed by atoms with Gasteiger partial charge in [0.05, 0.1) is 46.0 Å². The molecule has 2 aromatic heterocycles. The summed E-state index contributed by atoms with van der Waals surface area (Å²) in [5, 5.41) is 44.6. The number of pyridine rings is 2. The zero-order valence-electron chi connectivity index (χ0n) is 71.6. The number of primary amides is 2. The van der Waals surface area contributed by atoms with Crippen LogP contribution < -0.4 is 64.3 Å². The first-order chi connectivity index (χ1) is 61.0. The monoisotopic (exact) mass is 1770 g/mol. The molecule has 0 fully saturated rings. The number of ether oxygens (including phenoxy) is 4. The summed E-state index contributed by atoms with van der Waals surface area (Å²) in [6.07, 6.45) is 7.99. The number of halogens is 1. The Labute approximate surface area is 734 Å². The maximum absolute atomic E-state index is 15.4. The molecule has 4 aliphatic heterocycles. The molecule has 0 saturated carbocycles. The Balaban J connectivity index is 0.000000284. The van der Waals surface area contributed by atoms with Crippen LogP contribution in [0.1, 0.15) is 181 Å². The quantitative estimate of drug-likeness (QED) is 0.00330. The number of unbranched alkanes of at least 4 members (excludes halogenated alkanes) is 4. The number of carbonyl (C=O) groups excluding carboxylic acids is 15. The summed E-state index contributed by atoms with van der Waals surface area (Å²) in [6, 6.07) is 15.6. The maximum Gasteiger partial charge on any atom is 0.514 e. The topological polar surface area (TPSA) is 546 Å². The number of nitrogens with two attached hydrogens (primary N) is 2. The van der Waals surface area contributed by atoms with Gasteiger partial charge in [-0.3, -0.25) is 72.7 Å². The van der Waals surface area contributed by atoms with Crippen molar-refractivity contribution in [2.24, 2.45) is 29.2 Å². The number of hydrogen-bond acceptors (Lipinski definition) is 24. The number of Topliss-reactive ketones (excluding diaryl/α,β-unsaturated/α-hetero) is 1. The van der Waals surface area contributed by atoms with Crippen molar-refractivity contribution in [3.8, 4) is 17.1 Å². The number of ketones is 1. The van der Waals surface area contributed by atoms with Crippen LogP contribution in [0.5, 0.6) is 5.75 Å². The number of anilines is 2. The molecule has 39 heteroatoms. The molecule has 14 amide bonds. The first-order valence-electron chi connectivity index (χ1n) is 42.2. The van der Waals surface area contributed by atoms with Gasteiger partial charge in [-0.25, -0.2) is 33.3 Å². The minimum absolute atomic E-state index is 0.0418. The lowest BCUT2D eigenvalue weighted by Gasteiger charge is -2.31. The lowest BCUT2D eigenvalue weighted by Crippen LogP contribution is -2.54. The number of rotatable bonds is 41. The van der Waals surface area contributed by atoms with E-state index in [9.17, 15) is 91.9 Å². The standard InChI is InChI=1S/C53H60FN9O12.C36H44N6O11/c1-5-53(73)34-22-39-46-32(24-63(39)49(69)33(34)26-74-50(53)70)44-36(17-16-31-28(4)35(54)23-38(58-46)43(31)44)60-52(72)75-25-29-12-14-30(15-13-29)57-47(67)37(10-9-20-56-51(55)71)59-48(68)45(27(2)3)61-40(64)11-7-6-8-21-62-41(65)18-19-42(62)66;1-23(2)33(40-30(44)8-4-3-5-20-41-31(45)17-18-32(41)46)29(43)21-25(7-6-19-38-35(37)48)34(47)39-26-11-9-24(10-12-26)22-52-36(49)53-28-15-13-27(14-16-28)42(50)51/h12-15,18-19,22-23,27,36-37,45,73H,5-11,16-17,20-21,24-26H2,1-4H3,(H,57,67)(H,59,68)(H,60,72)(H,61,64)(H3,55,56,71);9-18,23,25,33H,3-8,19-22H2,1-2H3,(H,39,47)(H,40,44)(H3,37,38,48)/t36-,37-,45-,53-;25-,33+/m01/s1. The van der Waals surface area contributed by atoms with Crippen molar-refractivity contribution in [2.45, 2.75) is 200 Å². The third-order valence-corrected chi connectivity index (χ3v) is 22.5. The summed E-state index contributed by atoms with van der Waals surface area (Å²) in [5.74, 6) is -6.80. The molecule has 0 radical (unpaired) electrons. The number of alkyl carbamates (subject to hydrolysis) is 1.